The summed E-state index contributed by atoms with van der Waals surface area (Å²) in [6.07, 6.45) is 2.13. The fraction of sp³-hybridized carbons (Fsp3) is 0.526. The molecule has 0 radical (unpaired) electrons. The standard InChI is InChI=1S/C19H26ClF2N3O/c1-19(2,22)7-6-13(18-24-11-17(20)25-18)10-16(26)15(23)9-12-4-3-5-14(21)8-12/h3-5,8,11,13,15-16,26H,6-7,9-10,23H2,1-2H3,(H,24,25)/t13-,15+,16+/m1/s1. The second-order valence-electron chi connectivity index (χ2n) is 7.37. The van der Waals surface area contributed by atoms with Crippen molar-refractivity contribution in [2.75, 3.05) is 0 Å². The van der Waals surface area contributed by atoms with Gasteiger partial charge in [-0.1, -0.05) is 23.7 Å². The van der Waals surface area contributed by atoms with Gasteiger partial charge in [-0.05, 0) is 57.2 Å². The molecule has 0 aliphatic rings. The molecule has 1 heterocycles. The highest BCUT2D eigenvalue weighted by Crippen LogP contribution is 2.30. The lowest BCUT2D eigenvalue weighted by molar-refractivity contribution is 0.117. The third-order valence-corrected chi connectivity index (χ3v) is 4.61. The highest BCUT2D eigenvalue weighted by Gasteiger charge is 2.26. The van der Waals surface area contributed by atoms with E-state index in [-0.39, 0.29) is 11.7 Å². The van der Waals surface area contributed by atoms with E-state index in [0.29, 0.717) is 36.7 Å². The molecule has 2 rings (SSSR count). The van der Waals surface area contributed by atoms with Crippen molar-refractivity contribution in [1.82, 2.24) is 9.97 Å². The predicted molar refractivity (Wildman–Crippen MR) is 99.5 cm³/mol. The van der Waals surface area contributed by atoms with Crippen molar-refractivity contribution in [3.63, 3.8) is 0 Å². The van der Waals surface area contributed by atoms with Crippen LogP contribution in [0, 0.1) is 5.82 Å². The Kier molecular flexibility index (Phi) is 7.15. The molecule has 4 nitrogen and oxygen atoms in total. The number of nitrogens with one attached hydrogen (secondary N) is 1. The van der Waals surface area contributed by atoms with Crippen molar-refractivity contribution in [3.8, 4) is 0 Å². The maximum atomic E-state index is 13.9. The van der Waals surface area contributed by atoms with Crippen LogP contribution in [-0.2, 0) is 6.42 Å². The molecule has 0 aliphatic heterocycles. The van der Waals surface area contributed by atoms with Crippen LogP contribution < -0.4 is 5.73 Å². The molecule has 0 fully saturated rings. The average Bonchev–Trinajstić information content (AvgIpc) is 2.96. The summed E-state index contributed by atoms with van der Waals surface area (Å²) >= 11 is 5.90. The van der Waals surface area contributed by atoms with Crippen molar-refractivity contribution in [2.24, 2.45) is 5.73 Å². The first-order chi connectivity index (χ1) is 12.1. The molecule has 3 atom stereocenters. The fourth-order valence-electron chi connectivity index (χ4n) is 2.94. The number of rotatable bonds is 9. The Labute approximate surface area is 157 Å². The largest absolute Gasteiger partial charge is 0.391 e. The van der Waals surface area contributed by atoms with Crippen LogP contribution in [0.1, 0.15) is 50.4 Å². The molecular formula is C19H26ClF2N3O. The van der Waals surface area contributed by atoms with Crippen LogP contribution in [0.25, 0.3) is 0 Å². The number of aromatic nitrogens is 2. The first-order valence-corrected chi connectivity index (χ1v) is 9.09. The number of imidazole rings is 1. The van der Waals surface area contributed by atoms with Gasteiger partial charge in [-0.2, -0.15) is 0 Å². The Morgan fingerprint density at radius 3 is 2.69 bits per heavy atom. The highest BCUT2D eigenvalue weighted by atomic mass is 35.5. The van der Waals surface area contributed by atoms with E-state index in [4.69, 9.17) is 17.3 Å². The van der Waals surface area contributed by atoms with Gasteiger partial charge in [0.25, 0.3) is 0 Å². The molecule has 144 valence electrons. The van der Waals surface area contributed by atoms with Gasteiger partial charge in [-0.3, -0.25) is 0 Å². The summed E-state index contributed by atoms with van der Waals surface area (Å²) in [6, 6.07) is 5.58. The van der Waals surface area contributed by atoms with Crippen LogP contribution in [0.4, 0.5) is 8.78 Å². The monoisotopic (exact) mass is 385 g/mol. The molecular weight excluding hydrogens is 360 g/mol. The second kappa shape index (κ2) is 8.93. The van der Waals surface area contributed by atoms with E-state index in [1.807, 2.05) is 0 Å². The van der Waals surface area contributed by atoms with Crippen LogP contribution in [0.3, 0.4) is 0 Å². The predicted octanol–water partition coefficient (Wildman–Crippen LogP) is 4.14. The SMILES string of the molecule is CC(C)(F)CC[C@H](C[C@H](O)[C@@H](N)Cc1cccc(F)c1)c1ncc(Cl)[nH]1. The molecule has 0 unspecified atom stereocenters. The molecule has 0 aliphatic carbocycles. The van der Waals surface area contributed by atoms with Crippen LogP contribution in [0.2, 0.25) is 5.15 Å². The van der Waals surface area contributed by atoms with Gasteiger partial charge >= 0.3 is 0 Å². The number of aromatic amines is 1. The van der Waals surface area contributed by atoms with E-state index in [1.54, 1.807) is 12.1 Å². The van der Waals surface area contributed by atoms with E-state index in [9.17, 15) is 13.9 Å². The Bertz CT molecular complexity index is 702. The lowest BCUT2D eigenvalue weighted by Crippen LogP contribution is -2.38. The van der Waals surface area contributed by atoms with Gasteiger partial charge in [0.05, 0.1) is 12.3 Å². The number of aliphatic hydroxyl groups excluding tert-OH is 1. The lowest BCUT2D eigenvalue weighted by atomic mass is 9.88. The van der Waals surface area contributed by atoms with Gasteiger partial charge in [0.15, 0.2) is 0 Å². The smallest absolute Gasteiger partial charge is 0.126 e. The molecule has 0 spiro atoms. The van der Waals surface area contributed by atoms with Crippen molar-refractivity contribution in [3.05, 3.63) is 52.8 Å². The molecule has 1 aromatic heterocycles. The molecule has 0 amide bonds. The van der Waals surface area contributed by atoms with E-state index >= 15 is 0 Å². The Balaban J connectivity index is 2.03. The molecule has 0 saturated heterocycles. The van der Waals surface area contributed by atoms with Crippen molar-refractivity contribution in [1.29, 1.82) is 0 Å². The summed E-state index contributed by atoms with van der Waals surface area (Å²) in [7, 11) is 0. The third-order valence-electron chi connectivity index (χ3n) is 4.42. The number of alkyl halides is 1. The number of benzene rings is 1. The molecule has 4 N–H and O–H groups in total. The minimum atomic E-state index is -1.32. The van der Waals surface area contributed by atoms with Gasteiger partial charge in [-0.25, -0.2) is 13.8 Å². The first kappa shape index (κ1) is 20.8. The number of H-pyrrole nitrogens is 1. The summed E-state index contributed by atoms with van der Waals surface area (Å²) in [5.74, 6) is 0.0693. The maximum absolute atomic E-state index is 13.9. The Morgan fingerprint density at radius 1 is 1.38 bits per heavy atom. The number of hydrogen-bond donors (Lipinski definition) is 3. The summed E-state index contributed by atoms with van der Waals surface area (Å²) < 4.78 is 27.2. The number of nitrogens with two attached hydrogens (primary N) is 1. The minimum absolute atomic E-state index is 0.203. The number of nitrogens with zero attached hydrogens (tertiary/aromatic N) is 1. The normalized spacial score (nSPS) is 15.7. The molecule has 2 aromatic rings. The zero-order valence-electron chi connectivity index (χ0n) is 15.1. The van der Waals surface area contributed by atoms with Crippen LogP contribution in [-0.4, -0.2) is 32.9 Å². The topological polar surface area (TPSA) is 74.9 Å². The Hall–Kier alpha value is -1.50. The van der Waals surface area contributed by atoms with E-state index < -0.39 is 17.8 Å². The molecule has 7 heteroatoms. The summed E-state index contributed by atoms with van der Waals surface area (Å²) in [5, 5.41) is 10.9. The van der Waals surface area contributed by atoms with Crippen molar-refractivity contribution >= 4 is 11.6 Å². The van der Waals surface area contributed by atoms with Crippen LogP contribution in [0.5, 0.6) is 0 Å². The minimum Gasteiger partial charge on any atom is -0.391 e. The van der Waals surface area contributed by atoms with E-state index in [2.05, 4.69) is 9.97 Å². The molecule has 0 bridgehead atoms. The van der Waals surface area contributed by atoms with Crippen molar-refractivity contribution < 1.29 is 13.9 Å². The van der Waals surface area contributed by atoms with Gasteiger partial charge in [0, 0.05) is 12.0 Å². The molecule has 0 saturated carbocycles. The average molecular weight is 386 g/mol. The first-order valence-electron chi connectivity index (χ1n) is 8.71. The quantitative estimate of drug-likeness (QED) is 0.607. The van der Waals surface area contributed by atoms with E-state index in [0.717, 1.165) is 5.56 Å². The molecule has 26 heavy (non-hydrogen) atoms. The van der Waals surface area contributed by atoms with Gasteiger partial charge < -0.3 is 15.8 Å². The highest BCUT2D eigenvalue weighted by molar-refractivity contribution is 6.29. The number of hydrogen-bond acceptors (Lipinski definition) is 3. The van der Waals surface area contributed by atoms with Crippen LogP contribution >= 0.6 is 11.6 Å². The zero-order chi connectivity index (χ0) is 19.3. The Morgan fingerprint density at radius 2 is 2.12 bits per heavy atom. The van der Waals surface area contributed by atoms with Gasteiger partial charge in [0.1, 0.15) is 22.5 Å². The third kappa shape index (κ3) is 6.67. The summed E-state index contributed by atoms with van der Waals surface area (Å²) in [4.78, 5) is 7.16. The summed E-state index contributed by atoms with van der Waals surface area (Å²) in [6.45, 7) is 3.04. The summed E-state index contributed by atoms with van der Waals surface area (Å²) in [5.41, 5.74) is 5.51. The molecule has 1 aromatic carbocycles. The maximum Gasteiger partial charge on any atom is 0.126 e. The number of aliphatic hydroxyl groups is 1. The van der Waals surface area contributed by atoms with Gasteiger partial charge in [0.2, 0.25) is 0 Å². The second-order valence-corrected chi connectivity index (χ2v) is 7.78. The van der Waals surface area contributed by atoms with Crippen LogP contribution in [0.15, 0.2) is 30.5 Å². The van der Waals surface area contributed by atoms with Gasteiger partial charge in [-0.15, -0.1) is 0 Å². The lowest BCUT2D eigenvalue weighted by Gasteiger charge is -2.25. The van der Waals surface area contributed by atoms with E-state index in [1.165, 1.54) is 32.2 Å². The fourth-order valence-corrected chi connectivity index (χ4v) is 3.09. The number of halogens is 3. The zero-order valence-corrected chi connectivity index (χ0v) is 15.8. The van der Waals surface area contributed by atoms with Crippen molar-refractivity contribution in [2.45, 2.75) is 63.3 Å².